The first kappa shape index (κ1) is 31.7. The summed E-state index contributed by atoms with van der Waals surface area (Å²) in [5.41, 5.74) is 7.30. The van der Waals surface area contributed by atoms with Crippen LogP contribution in [-0.4, -0.2) is 46.5 Å². The van der Waals surface area contributed by atoms with Gasteiger partial charge in [0, 0.05) is 23.1 Å². The maximum absolute atomic E-state index is 5.96. The van der Waals surface area contributed by atoms with Crippen LogP contribution in [0.15, 0.2) is 157 Å². The molecule has 1 unspecified atom stereocenters. The Morgan fingerprint density at radius 1 is 0.729 bits per heavy atom. The second-order valence-electron chi connectivity index (χ2n) is 12.0. The third-order valence-electron chi connectivity index (χ3n) is 8.94. The van der Waals surface area contributed by atoms with E-state index in [9.17, 15) is 0 Å². The standard InChI is InChI=1S/C42H39N3O2S/c1-32(40-26-23-34-13-11-12-20-41(34)43-40)44-47-28-27-46-38-24-21-33(22-25-38)29-39-30-45(31-48-39)42(35-14-5-2-6-15-35,36-16-7-3-8-17-36)37-18-9-4-10-19-37/h2-26,39H,27-31H2,1H3. The lowest BCUT2D eigenvalue weighted by Crippen LogP contribution is -2.47. The first-order chi connectivity index (χ1) is 23.7. The number of hydrogen-bond donors (Lipinski definition) is 0. The fourth-order valence-corrected chi connectivity index (χ4v) is 7.91. The second-order valence-corrected chi connectivity index (χ2v) is 13.3. The van der Waals surface area contributed by atoms with Crippen LogP contribution in [0.1, 0.15) is 34.9 Å². The number of benzene rings is 5. The molecular weight excluding hydrogens is 611 g/mol. The van der Waals surface area contributed by atoms with Gasteiger partial charge in [-0.15, -0.1) is 11.8 Å². The van der Waals surface area contributed by atoms with E-state index in [1.165, 1.54) is 22.3 Å². The molecule has 0 bridgehead atoms. The second kappa shape index (κ2) is 14.9. The summed E-state index contributed by atoms with van der Waals surface area (Å²) < 4.78 is 5.96. The third kappa shape index (κ3) is 6.86. The molecule has 1 aromatic heterocycles. The lowest BCUT2D eigenvalue weighted by molar-refractivity contribution is 0.107. The van der Waals surface area contributed by atoms with Crippen LogP contribution in [0.25, 0.3) is 10.9 Å². The number of para-hydroxylation sites is 1. The van der Waals surface area contributed by atoms with Crippen molar-refractivity contribution in [2.45, 2.75) is 24.1 Å². The minimum atomic E-state index is -0.375. The monoisotopic (exact) mass is 649 g/mol. The van der Waals surface area contributed by atoms with Crippen LogP contribution in [0.3, 0.4) is 0 Å². The van der Waals surface area contributed by atoms with E-state index in [0.29, 0.717) is 18.5 Å². The van der Waals surface area contributed by atoms with Gasteiger partial charge in [-0.3, -0.25) is 4.90 Å². The number of ether oxygens (including phenoxy) is 1. The fraction of sp³-hybridized carbons (Fsp3) is 0.190. The quantitative estimate of drug-likeness (QED) is 0.0573. The van der Waals surface area contributed by atoms with Crippen LogP contribution in [0.5, 0.6) is 5.75 Å². The Kier molecular flexibility index (Phi) is 9.82. The molecular formula is C42H39N3O2S. The SMILES string of the molecule is CC(=NOCCOc1ccc(CC2CN(C(c3ccccc3)(c3ccccc3)c3ccccc3)CS2)cc1)c1ccc2ccccc2n1. The van der Waals surface area contributed by atoms with E-state index in [0.717, 1.165) is 46.9 Å². The molecule has 0 spiro atoms. The number of aromatic nitrogens is 1. The van der Waals surface area contributed by atoms with Crippen LogP contribution in [0.2, 0.25) is 0 Å². The zero-order chi connectivity index (χ0) is 32.6. The molecule has 1 aliphatic heterocycles. The molecule has 0 amide bonds. The number of fused-ring (bicyclic) bond motifs is 1. The highest BCUT2D eigenvalue weighted by molar-refractivity contribution is 8.00. The van der Waals surface area contributed by atoms with Crippen molar-refractivity contribution in [3.63, 3.8) is 0 Å². The molecule has 240 valence electrons. The Morgan fingerprint density at radius 3 is 1.98 bits per heavy atom. The Labute approximate surface area is 287 Å². The number of thioether (sulfide) groups is 1. The zero-order valence-electron chi connectivity index (χ0n) is 27.1. The van der Waals surface area contributed by atoms with Crippen LogP contribution < -0.4 is 4.74 Å². The van der Waals surface area contributed by atoms with Crippen LogP contribution >= 0.6 is 11.8 Å². The minimum absolute atomic E-state index is 0.354. The van der Waals surface area contributed by atoms with Crippen molar-refractivity contribution >= 4 is 28.4 Å². The summed E-state index contributed by atoms with van der Waals surface area (Å²) >= 11 is 2.04. The lowest BCUT2D eigenvalue weighted by Gasteiger charge is -2.43. The van der Waals surface area contributed by atoms with Crippen LogP contribution in [-0.2, 0) is 16.8 Å². The predicted molar refractivity (Wildman–Crippen MR) is 198 cm³/mol. The average molecular weight is 650 g/mol. The smallest absolute Gasteiger partial charge is 0.151 e. The van der Waals surface area contributed by atoms with E-state index >= 15 is 0 Å². The molecule has 1 atom stereocenters. The van der Waals surface area contributed by atoms with Gasteiger partial charge in [0.15, 0.2) is 6.61 Å². The first-order valence-corrected chi connectivity index (χ1v) is 17.5. The maximum Gasteiger partial charge on any atom is 0.151 e. The van der Waals surface area contributed by atoms with Gasteiger partial charge in [0.1, 0.15) is 18.1 Å². The third-order valence-corrected chi connectivity index (χ3v) is 10.2. The van der Waals surface area contributed by atoms with E-state index in [-0.39, 0.29) is 5.54 Å². The molecule has 6 heteroatoms. The van der Waals surface area contributed by atoms with Gasteiger partial charge in [0.05, 0.1) is 16.7 Å². The van der Waals surface area contributed by atoms with Crippen molar-refractivity contribution in [2.24, 2.45) is 5.16 Å². The highest BCUT2D eigenvalue weighted by atomic mass is 32.2. The maximum atomic E-state index is 5.96. The molecule has 0 aliphatic carbocycles. The number of rotatable bonds is 12. The molecule has 1 aliphatic rings. The highest BCUT2D eigenvalue weighted by Crippen LogP contribution is 2.46. The Hall–Kier alpha value is -4.91. The first-order valence-electron chi connectivity index (χ1n) is 16.5. The van der Waals surface area contributed by atoms with Crippen LogP contribution in [0.4, 0.5) is 0 Å². The van der Waals surface area contributed by atoms with Crippen molar-refractivity contribution < 1.29 is 9.57 Å². The van der Waals surface area contributed by atoms with Gasteiger partial charge in [-0.05, 0) is 59.9 Å². The molecule has 7 rings (SSSR count). The largest absolute Gasteiger partial charge is 0.490 e. The van der Waals surface area contributed by atoms with E-state index in [4.69, 9.17) is 9.57 Å². The Balaban J connectivity index is 0.974. The molecule has 48 heavy (non-hydrogen) atoms. The molecule has 5 nitrogen and oxygen atoms in total. The summed E-state index contributed by atoms with van der Waals surface area (Å²) in [7, 11) is 0. The molecule has 2 heterocycles. The highest BCUT2D eigenvalue weighted by Gasteiger charge is 2.45. The summed E-state index contributed by atoms with van der Waals surface area (Å²) in [5.74, 6) is 1.78. The predicted octanol–water partition coefficient (Wildman–Crippen LogP) is 8.96. The van der Waals surface area contributed by atoms with Gasteiger partial charge < -0.3 is 9.57 Å². The summed E-state index contributed by atoms with van der Waals surface area (Å²) in [4.78, 5) is 12.9. The van der Waals surface area contributed by atoms with Gasteiger partial charge in [-0.2, -0.15) is 0 Å². The van der Waals surface area contributed by atoms with E-state index < -0.39 is 0 Å². The summed E-state index contributed by atoms with van der Waals surface area (Å²) in [6.07, 6.45) is 0.996. The van der Waals surface area contributed by atoms with E-state index in [1.54, 1.807) is 0 Å². The van der Waals surface area contributed by atoms with Crippen molar-refractivity contribution in [2.75, 3.05) is 25.6 Å². The Morgan fingerprint density at radius 2 is 1.33 bits per heavy atom. The van der Waals surface area contributed by atoms with Gasteiger partial charge in [0.2, 0.25) is 0 Å². The molecule has 1 fully saturated rings. The zero-order valence-corrected chi connectivity index (χ0v) is 27.9. The number of oxime groups is 1. The molecule has 0 radical (unpaired) electrons. The number of hydrogen-bond acceptors (Lipinski definition) is 6. The fourth-order valence-electron chi connectivity index (χ4n) is 6.63. The normalized spacial score (nSPS) is 15.4. The molecule has 1 saturated heterocycles. The summed E-state index contributed by atoms with van der Waals surface area (Å²) in [6.45, 7) is 3.65. The van der Waals surface area contributed by atoms with Crippen molar-refractivity contribution in [3.05, 3.63) is 180 Å². The van der Waals surface area contributed by atoms with Gasteiger partial charge >= 0.3 is 0 Å². The molecule has 0 saturated carbocycles. The van der Waals surface area contributed by atoms with Crippen molar-refractivity contribution in [1.29, 1.82) is 0 Å². The summed E-state index contributed by atoms with van der Waals surface area (Å²) in [6, 6.07) is 53.5. The van der Waals surface area contributed by atoms with Crippen molar-refractivity contribution in [3.8, 4) is 5.75 Å². The summed E-state index contributed by atoms with van der Waals surface area (Å²) in [5, 5.41) is 5.83. The molecule has 6 aromatic rings. The van der Waals surface area contributed by atoms with E-state index in [1.807, 2.05) is 43.0 Å². The average Bonchev–Trinajstić information content (AvgIpc) is 3.62. The van der Waals surface area contributed by atoms with Gasteiger partial charge in [0.25, 0.3) is 0 Å². The molecule has 5 aromatic carbocycles. The van der Waals surface area contributed by atoms with Gasteiger partial charge in [-0.25, -0.2) is 4.98 Å². The van der Waals surface area contributed by atoms with Gasteiger partial charge in [-0.1, -0.05) is 133 Å². The Bertz CT molecular complexity index is 1850. The molecule has 0 N–H and O–H groups in total. The topological polar surface area (TPSA) is 47.0 Å². The van der Waals surface area contributed by atoms with E-state index in [2.05, 4.69) is 142 Å². The number of nitrogens with zero attached hydrogens (tertiary/aromatic N) is 3. The van der Waals surface area contributed by atoms with Crippen LogP contribution in [0, 0.1) is 0 Å². The number of pyridine rings is 1. The van der Waals surface area contributed by atoms with Crippen molar-refractivity contribution in [1.82, 2.24) is 9.88 Å². The minimum Gasteiger partial charge on any atom is -0.490 e. The lowest BCUT2D eigenvalue weighted by atomic mass is 9.75.